The highest BCUT2D eigenvalue weighted by molar-refractivity contribution is 7.46. The van der Waals surface area contributed by atoms with Crippen LogP contribution in [0.1, 0.15) is 11.1 Å². The number of phosphoric acid groups is 1. The number of aryl methyl sites for hydroxylation is 1. The van der Waals surface area contributed by atoms with Crippen molar-refractivity contribution >= 4 is 36.4 Å². The average Bonchev–Trinajstić information content (AvgIpc) is 3.36. The molecule has 2 aromatic heterocycles. The van der Waals surface area contributed by atoms with Crippen LogP contribution in [-0.2, 0) is 20.4 Å². The van der Waals surface area contributed by atoms with E-state index in [0.717, 1.165) is 0 Å². The van der Waals surface area contributed by atoms with Crippen LogP contribution in [0.15, 0.2) is 24.8 Å². The van der Waals surface area contributed by atoms with E-state index in [1.54, 1.807) is 19.1 Å². The molecule has 1 fully saturated rings. The van der Waals surface area contributed by atoms with E-state index >= 15 is 0 Å². The molecule has 0 spiro atoms. The fourth-order valence-electron chi connectivity index (χ4n) is 2.99. The third-order valence-corrected chi connectivity index (χ3v) is 5.62. The van der Waals surface area contributed by atoms with Gasteiger partial charge in [-0.3, -0.25) is 4.52 Å². The fraction of sp³-hybridized carbons (Fsp3) is 0.389. The number of fused-ring (bicyclic) bond motifs is 1. The zero-order valence-electron chi connectivity index (χ0n) is 17.5. The summed E-state index contributed by atoms with van der Waals surface area (Å²) in [6.07, 6.45) is -2.73. The largest absolute Gasteiger partial charge is 0.469 e. The molecule has 4 rings (SSSR count). The van der Waals surface area contributed by atoms with Crippen LogP contribution in [0.3, 0.4) is 0 Å². The molecule has 0 radical (unpaired) electrons. The highest BCUT2D eigenvalue weighted by Gasteiger charge is 2.42. The molecule has 13 nitrogen and oxygen atoms in total. The number of nitrogens with one attached hydrogen (secondary N) is 2. The van der Waals surface area contributed by atoms with Crippen LogP contribution in [0, 0.1) is 12.7 Å². The van der Waals surface area contributed by atoms with Crippen LogP contribution in [0.25, 0.3) is 11.2 Å². The maximum absolute atomic E-state index is 14.0. The molecular weight excluding hydrogens is 500 g/mol. The molecule has 1 aromatic carbocycles. The van der Waals surface area contributed by atoms with Gasteiger partial charge in [-0.25, -0.2) is 23.9 Å². The van der Waals surface area contributed by atoms with Crippen LogP contribution in [0.4, 0.5) is 10.2 Å². The monoisotopic (exact) mass is 521 g/mol. The number of aliphatic hydroxyl groups is 3. The Morgan fingerprint density at radius 1 is 1.24 bits per heavy atom. The van der Waals surface area contributed by atoms with Gasteiger partial charge in [0.25, 0.3) is 0 Å². The van der Waals surface area contributed by atoms with E-state index < -0.39 is 39.0 Å². The van der Waals surface area contributed by atoms with E-state index in [1.165, 1.54) is 12.7 Å². The van der Waals surface area contributed by atoms with Crippen molar-refractivity contribution in [1.29, 1.82) is 0 Å². The van der Waals surface area contributed by atoms with E-state index in [1.807, 2.05) is 0 Å². The minimum absolute atomic E-state index is 0.234. The maximum atomic E-state index is 14.0. The van der Waals surface area contributed by atoms with Crippen LogP contribution in [0.5, 0.6) is 0 Å². The van der Waals surface area contributed by atoms with Crippen LogP contribution < -0.4 is 5.32 Å². The van der Waals surface area contributed by atoms with Crippen LogP contribution in [-0.4, -0.2) is 76.3 Å². The first kappa shape index (κ1) is 26.3. The van der Waals surface area contributed by atoms with Crippen LogP contribution in [0.2, 0.25) is 5.02 Å². The number of imidazole rings is 1. The third-order valence-electron chi connectivity index (χ3n) is 4.78. The molecule has 4 atom stereocenters. The summed E-state index contributed by atoms with van der Waals surface area (Å²) in [6.45, 7) is 1.32. The summed E-state index contributed by atoms with van der Waals surface area (Å²) in [6, 6.07) is 3.34. The zero-order chi connectivity index (χ0) is 25.0. The molecule has 0 aliphatic carbocycles. The second kappa shape index (κ2) is 11.0. The number of nitrogens with zero attached hydrogens (tertiary/aromatic N) is 3. The van der Waals surface area contributed by atoms with Gasteiger partial charge in [0, 0.05) is 17.1 Å². The number of benzene rings is 1. The lowest BCUT2D eigenvalue weighted by Crippen LogP contribution is -2.34. The van der Waals surface area contributed by atoms with Gasteiger partial charge in [0.2, 0.25) is 0 Å². The molecule has 3 aromatic rings. The lowest BCUT2D eigenvalue weighted by atomic mass is 10.1. The summed E-state index contributed by atoms with van der Waals surface area (Å²) in [5.74, 6) is 0.254. The molecule has 0 amide bonds. The Balaban J connectivity index is 0.000000204. The second-order valence-corrected chi connectivity index (χ2v) is 8.81. The van der Waals surface area contributed by atoms with Crippen molar-refractivity contribution in [3.63, 3.8) is 0 Å². The summed E-state index contributed by atoms with van der Waals surface area (Å²) in [4.78, 5) is 31.8. The number of halogens is 2. The Labute approximate surface area is 196 Å². The predicted molar refractivity (Wildman–Crippen MR) is 116 cm³/mol. The van der Waals surface area contributed by atoms with E-state index in [4.69, 9.17) is 36.7 Å². The van der Waals surface area contributed by atoms with E-state index in [-0.39, 0.29) is 12.4 Å². The number of anilines is 1. The van der Waals surface area contributed by atoms with Crippen molar-refractivity contribution < 1.29 is 43.3 Å². The molecule has 0 bridgehead atoms. The summed E-state index contributed by atoms with van der Waals surface area (Å²) in [5, 5.41) is 30.5. The number of aliphatic hydroxyl groups excluding tert-OH is 3. The summed E-state index contributed by atoms with van der Waals surface area (Å²) >= 11 is 6.03. The molecule has 16 heteroatoms. The first-order chi connectivity index (χ1) is 16.0. The molecular formula is C18H22ClFN5O8P. The van der Waals surface area contributed by atoms with Gasteiger partial charge in [-0.15, -0.1) is 0 Å². The minimum atomic E-state index is -4.64. The van der Waals surface area contributed by atoms with Gasteiger partial charge in [0.15, 0.2) is 17.8 Å². The number of H-pyrrole nitrogens is 1. The summed E-state index contributed by atoms with van der Waals surface area (Å²) in [7, 11) is -4.64. The summed E-state index contributed by atoms with van der Waals surface area (Å²) < 4.78 is 32.9. The third kappa shape index (κ3) is 6.44. The van der Waals surface area contributed by atoms with E-state index in [9.17, 15) is 8.96 Å². The van der Waals surface area contributed by atoms with Gasteiger partial charge in [-0.1, -0.05) is 17.7 Å². The Hall–Kier alpha value is -2.26. The number of rotatable bonds is 6. The smallest absolute Gasteiger partial charge is 0.387 e. The van der Waals surface area contributed by atoms with Gasteiger partial charge < -0.3 is 40.1 Å². The molecule has 1 aliphatic heterocycles. The van der Waals surface area contributed by atoms with Gasteiger partial charge in [-0.05, 0) is 18.6 Å². The number of hydrogen-bond acceptors (Lipinski definition) is 10. The number of ether oxygens (including phenoxy) is 1. The van der Waals surface area contributed by atoms with Crippen molar-refractivity contribution in [3.05, 3.63) is 46.8 Å². The van der Waals surface area contributed by atoms with Gasteiger partial charge in [0.1, 0.15) is 36.0 Å². The maximum Gasteiger partial charge on any atom is 0.469 e. The highest BCUT2D eigenvalue weighted by Crippen LogP contribution is 2.37. The molecule has 7 N–H and O–H groups in total. The van der Waals surface area contributed by atoms with Crippen LogP contribution >= 0.6 is 19.4 Å². The molecule has 34 heavy (non-hydrogen) atoms. The first-order valence-electron chi connectivity index (χ1n) is 9.69. The van der Waals surface area contributed by atoms with Crippen molar-refractivity contribution in [2.45, 2.75) is 38.1 Å². The number of aromatic amines is 1. The Morgan fingerprint density at radius 3 is 2.62 bits per heavy atom. The molecule has 1 aliphatic rings. The highest BCUT2D eigenvalue weighted by atomic mass is 35.5. The fourth-order valence-corrected chi connectivity index (χ4v) is 3.54. The lowest BCUT2D eigenvalue weighted by molar-refractivity contribution is -0.132. The Kier molecular flexibility index (Phi) is 8.52. The van der Waals surface area contributed by atoms with Crippen molar-refractivity contribution in [2.24, 2.45) is 0 Å². The Bertz CT molecular complexity index is 1180. The van der Waals surface area contributed by atoms with Crippen molar-refractivity contribution in [2.75, 3.05) is 11.9 Å². The number of phosphoric ester groups is 1. The number of aromatic nitrogens is 4. The Morgan fingerprint density at radius 2 is 1.97 bits per heavy atom. The summed E-state index contributed by atoms with van der Waals surface area (Å²) in [5.41, 5.74) is 2.20. The molecule has 1 saturated heterocycles. The standard InChI is InChI=1S/C13H11ClFN5.C5H11O8P/c1-7-2-3-9(14)8(10(7)15)4-16-12-11-13(18-5-17-11)20-6-19-12;6-3-2(1-12-14(9,10)11)13-5(8)4(3)7/h2-3,5-6H,4H2,1H3,(H2,16,17,18,19,20);2-8H,1H2,(H2,9,10,11)/t;2-,3-,4-,5?/m.1/s1. The van der Waals surface area contributed by atoms with Crippen molar-refractivity contribution in [3.8, 4) is 0 Å². The van der Waals surface area contributed by atoms with Gasteiger partial charge in [0.05, 0.1) is 12.9 Å². The van der Waals surface area contributed by atoms with Crippen molar-refractivity contribution in [1.82, 2.24) is 19.9 Å². The SMILES string of the molecule is Cc1ccc(Cl)c(CNc2ncnc3nc[nH]c23)c1F.O=P(O)(O)OC[C@H]1OC(O)[C@H](O)[C@@H]1O. The first-order valence-corrected chi connectivity index (χ1v) is 11.6. The zero-order valence-corrected chi connectivity index (χ0v) is 19.2. The number of hydrogen-bond donors (Lipinski definition) is 7. The van der Waals surface area contributed by atoms with E-state index in [0.29, 0.717) is 33.1 Å². The average molecular weight is 522 g/mol. The lowest BCUT2D eigenvalue weighted by Gasteiger charge is -2.14. The van der Waals surface area contributed by atoms with Gasteiger partial charge in [-0.2, -0.15) is 0 Å². The second-order valence-electron chi connectivity index (χ2n) is 7.17. The minimum Gasteiger partial charge on any atom is -0.387 e. The van der Waals surface area contributed by atoms with E-state index in [2.05, 4.69) is 34.5 Å². The molecule has 1 unspecified atom stereocenters. The van der Waals surface area contributed by atoms with Gasteiger partial charge >= 0.3 is 7.82 Å². The molecule has 186 valence electrons. The quantitative estimate of drug-likeness (QED) is 0.223. The molecule has 0 saturated carbocycles. The molecule has 3 heterocycles. The predicted octanol–water partition coefficient (Wildman–Crippen LogP) is 0.601. The topological polar surface area (TPSA) is 203 Å². The normalized spacial score (nSPS) is 22.5.